The molecule has 0 spiro atoms. The molecule has 0 aliphatic rings. The van der Waals surface area contributed by atoms with Gasteiger partial charge in [-0.3, -0.25) is 0 Å². The van der Waals surface area contributed by atoms with Crippen LogP contribution in [0, 0.1) is 0 Å². The molecule has 0 atom stereocenters. The Morgan fingerprint density at radius 3 is 1.50 bits per heavy atom. The summed E-state index contributed by atoms with van der Waals surface area (Å²) in [4.78, 5) is 0. The van der Waals surface area contributed by atoms with Gasteiger partial charge in [-0.25, -0.2) is 0 Å². The maximum absolute atomic E-state index is 9.14. The van der Waals surface area contributed by atoms with E-state index >= 15 is 0 Å². The van der Waals surface area contributed by atoms with Crippen LogP contribution >= 0.6 is 15.9 Å². The van der Waals surface area contributed by atoms with Gasteiger partial charge in [0.2, 0.25) is 0 Å². The lowest BCUT2D eigenvalue weighted by atomic mass is 9.93. The molecule has 0 saturated carbocycles. The summed E-state index contributed by atoms with van der Waals surface area (Å²) in [6.07, 6.45) is 0. The molecule has 4 nitrogen and oxygen atoms in total. The molecule has 0 fully saturated rings. The van der Waals surface area contributed by atoms with Crippen molar-refractivity contribution < 1.29 is 20.4 Å². The van der Waals surface area contributed by atoms with Gasteiger partial charge >= 0.3 is 0 Å². The van der Waals surface area contributed by atoms with E-state index in [1.807, 2.05) is 0 Å². The van der Waals surface area contributed by atoms with Crippen LogP contribution in [0.2, 0.25) is 0 Å². The molecule has 1 aromatic carbocycles. The SMILES string of the molecule is Bc1c(O)c(O)c(Br)c(O)c1O. The van der Waals surface area contributed by atoms with Gasteiger partial charge in [-0.2, -0.15) is 0 Å². The molecule has 0 aliphatic carbocycles. The van der Waals surface area contributed by atoms with E-state index in [-0.39, 0.29) is 9.94 Å². The summed E-state index contributed by atoms with van der Waals surface area (Å²) in [6.45, 7) is 0. The highest BCUT2D eigenvalue weighted by atomic mass is 79.9. The number of hydrogen-bond donors (Lipinski definition) is 4. The summed E-state index contributed by atoms with van der Waals surface area (Å²) in [5, 5.41) is 36.5. The van der Waals surface area contributed by atoms with Crippen LogP contribution in [0.4, 0.5) is 0 Å². The molecule has 0 bridgehead atoms. The van der Waals surface area contributed by atoms with E-state index < -0.39 is 23.0 Å². The van der Waals surface area contributed by atoms with Crippen molar-refractivity contribution in [2.24, 2.45) is 0 Å². The normalized spacial score (nSPS) is 10.1. The fourth-order valence-corrected chi connectivity index (χ4v) is 1.16. The molecule has 64 valence electrons. The van der Waals surface area contributed by atoms with E-state index in [2.05, 4.69) is 15.9 Å². The van der Waals surface area contributed by atoms with E-state index in [0.29, 0.717) is 0 Å². The van der Waals surface area contributed by atoms with E-state index in [1.54, 1.807) is 0 Å². The molecule has 0 amide bonds. The maximum Gasteiger partial charge on any atom is 0.175 e. The zero-order valence-electron chi connectivity index (χ0n) is 6.17. The summed E-state index contributed by atoms with van der Waals surface area (Å²) in [6, 6.07) is 0. The predicted octanol–water partition coefficient (Wildman–Crippen LogP) is -0.470. The molecule has 1 rings (SSSR count). The largest absolute Gasteiger partial charge is 0.505 e. The Morgan fingerprint density at radius 2 is 1.17 bits per heavy atom. The van der Waals surface area contributed by atoms with Crippen molar-refractivity contribution >= 4 is 29.2 Å². The number of halogens is 1. The first-order chi connectivity index (χ1) is 5.46. The average molecular weight is 233 g/mol. The second-order valence-corrected chi connectivity index (χ2v) is 3.13. The molecule has 6 heteroatoms. The number of phenolic OH excluding ortho intramolecular Hbond substituents is 4. The second-order valence-electron chi connectivity index (χ2n) is 2.33. The minimum absolute atomic E-state index is 0.0354. The van der Waals surface area contributed by atoms with Gasteiger partial charge in [0.1, 0.15) is 12.3 Å². The summed E-state index contributed by atoms with van der Waals surface area (Å²) < 4.78 is -0.122. The van der Waals surface area contributed by atoms with Crippen LogP contribution in [0.5, 0.6) is 23.0 Å². The van der Waals surface area contributed by atoms with Crippen molar-refractivity contribution in [1.82, 2.24) is 0 Å². The lowest BCUT2D eigenvalue weighted by Gasteiger charge is -2.08. The predicted molar refractivity (Wildman–Crippen MR) is 49.0 cm³/mol. The fraction of sp³-hybridized carbons (Fsp3) is 0. The van der Waals surface area contributed by atoms with Crippen molar-refractivity contribution in [1.29, 1.82) is 0 Å². The molecule has 0 aliphatic heterocycles. The van der Waals surface area contributed by atoms with Crippen LogP contribution in [0.3, 0.4) is 0 Å². The minimum atomic E-state index is -0.484. The van der Waals surface area contributed by atoms with Crippen LogP contribution < -0.4 is 5.46 Å². The van der Waals surface area contributed by atoms with Gasteiger partial charge in [-0.15, -0.1) is 0 Å². The zero-order valence-corrected chi connectivity index (χ0v) is 7.75. The quantitative estimate of drug-likeness (QED) is 0.277. The van der Waals surface area contributed by atoms with Crippen LogP contribution in [-0.4, -0.2) is 28.3 Å². The average Bonchev–Trinajstić information content (AvgIpc) is 2.08. The molecular weight excluding hydrogens is 227 g/mol. The Morgan fingerprint density at radius 1 is 0.833 bits per heavy atom. The third-order valence-electron chi connectivity index (χ3n) is 1.57. The molecular formula is C6H6BBrO4. The van der Waals surface area contributed by atoms with E-state index in [4.69, 9.17) is 20.4 Å². The van der Waals surface area contributed by atoms with Crippen molar-refractivity contribution in [3.8, 4) is 23.0 Å². The number of phenols is 4. The molecule has 0 heterocycles. The van der Waals surface area contributed by atoms with Gasteiger partial charge in [0.15, 0.2) is 23.0 Å². The molecule has 0 saturated heterocycles. The van der Waals surface area contributed by atoms with Gasteiger partial charge in [0.05, 0.1) is 0 Å². The second kappa shape index (κ2) is 2.78. The first-order valence-electron chi connectivity index (χ1n) is 3.08. The van der Waals surface area contributed by atoms with Crippen LogP contribution in [0.1, 0.15) is 0 Å². The van der Waals surface area contributed by atoms with E-state index in [9.17, 15) is 0 Å². The first-order valence-corrected chi connectivity index (χ1v) is 3.88. The van der Waals surface area contributed by atoms with Crippen molar-refractivity contribution in [3.63, 3.8) is 0 Å². The maximum atomic E-state index is 9.14. The first kappa shape index (κ1) is 9.06. The number of benzene rings is 1. The monoisotopic (exact) mass is 232 g/mol. The summed E-state index contributed by atoms with van der Waals surface area (Å²) in [5.41, 5.74) is 0.0354. The van der Waals surface area contributed by atoms with Gasteiger partial charge < -0.3 is 20.4 Å². The fourth-order valence-electron chi connectivity index (χ4n) is 0.787. The van der Waals surface area contributed by atoms with Gasteiger partial charge in [0.25, 0.3) is 0 Å². The zero-order chi connectivity index (χ0) is 9.46. The molecule has 1 aromatic rings. The number of aromatic hydroxyl groups is 4. The number of rotatable bonds is 0. The van der Waals surface area contributed by atoms with Crippen molar-refractivity contribution in [2.45, 2.75) is 0 Å². The molecule has 0 unspecified atom stereocenters. The highest BCUT2D eigenvalue weighted by Crippen LogP contribution is 2.43. The summed E-state index contributed by atoms with van der Waals surface area (Å²) in [7, 11) is 1.37. The van der Waals surface area contributed by atoms with Crippen molar-refractivity contribution in [2.75, 3.05) is 0 Å². The Labute approximate surface area is 77.6 Å². The third-order valence-corrected chi connectivity index (χ3v) is 2.33. The Kier molecular flexibility index (Phi) is 2.10. The summed E-state index contributed by atoms with van der Waals surface area (Å²) >= 11 is 2.79. The minimum Gasteiger partial charge on any atom is -0.505 e. The Bertz CT molecular complexity index is 234. The Balaban J connectivity index is 3.60. The lowest BCUT2D eigenvalue weighted by Crippen LogP contribution is -2.04. The smallest absolute Gasteiger partial charge is 0.175 e. The highest BCUT2D eigenvalue weighted by molar-refractivity contribution is 9.10. The molecule has 0 radical (unpaired) electrons. The number of hydrogen-bond acceptors (Lipinski definition) is 4. The van der Waals surface area contributed by atoms with Gasteiger partial charge in [-0.05, 0) is 15.9 Å². The van der Waals surface area contributed by atoms with Crippen LogP contribution in [0.25, 0.3) is 0 Å². The van der Waals surface area contributed by atoms with Crippen molar-refractivity contribution in [3.05, 3.63) is 4.47 Å². The Hall–Kier alpha value is -1.04. The van der Waals surface area contributed by atoms with Gasteiger partial charge in [0, 0.05) is 5.46 Å². The summed E-state index contributed by atoms with van der Waals surface area (Å²) in [5.74, 6) is -1.86. The lowest BCUT2D eigenvalue weighted by molar-refractivity contribution is 0.374. The highest BCUT2D eigenvalue weighted by Gasteiger charge is 2.18. The van der Waals surface area contributed by atoms with E-state index in [1.165, 1.54) is 7.85 Å². The topological polar surface area (TPSA) is 80.9 Å². The molecule has 12 heavy (non-hydrogen) atoms. The van der Waals surface area contributed by atoms with Crippen LogP contribution in [-0.2, 0) is 0 Å². The molecule has 4 N–H and O–H groups in total. The van der Waals surface area contributed by atoms with Crippen LogP contribution in [0.15, 0.2) is 4.47 Å². The van der Waals surface area contributed by atoms with Gasteiger partial charge in [-0.1, -0.05) is 0 Å². The molecule has 0 aromatic heterocycles. The van der Waals surface area contributed by atoms with E-state index in [0.717, 1.165) is 0 Å². The third kappa shape index (κ3) is 1.08. The standard InChI is InChI=1S/C6H6BBrO4/c7-1-3(9)5(11)2(8)6(12)4(1)10/h9-12H,7H2.